The van der Waals surface area contributed by atoms with Crippen LogP contribution in [0.2, 0.25) is 0 Å². The Kier molecular flexibility index (Phi) is 4.36. The Balaban J connectivity index is 2.03. The quantitative estimate of drug-likeness (QED) is 0.839. The predicted octanol–water partition coefficient (Wildman–Crippen LogP) is 2.23. The fourth-order valence-electron chi connectivity index (χ4n) is 1.97. The van der Waals surface area contributed by atoms with Crippen LogP contribution < -0.4 is 10.6 Å². The van der Waals surface area contributed by atoms with Gasteiger partial charge in [0.1, 0.15) is 17.5 Å². The molecule has 2 heterocycles. The lowest BCUT2D eigenvalue weighted by atomic mass is 10.2. The molecule has 1 unspecified atom stereocenters. The van der Waals surface area contributed by atoms with Crippen LogP contribution in [0.25, 0.3) is 0 Å². The lowest BCUT2D eigenvalue weighted by Gasteiger charge is -2.14. The van der Waals surface area contributed by atoms with Gasteiger partial charge in [-0.15, -0.1) is 0 Å². The molecule has 0 radical (unpaired) electrons. The monoisotopic (exact) mass is 250 g/mol. The number of nitrogens with zero attached hydrogens (tertiary/aromatic N) is 2. The van der Waals surface area contributed by atoms with Crippen LogP contribution in [-0.2, 0) is 4.74 Å². The topological polar surface area (TPSA) is 59.1 Å². The van der Waals surface area contributed by atoms with Crippen molar-refractivity contribution < 1.29 is 4.74 Å². The van der Waals surface area contributed by atoms with Gasteiger partial charge in [-0.05, 0) is 12.8 Å². The van der Waals surface area contributed by atoms with Gasteiger partial charge in [0.15, 0.2) is 0 Å². The second-order valence-electron chi connectivity index (χ2n) is 4.92. The van der Waals surface area contributed by atoms with Crippen molar-refractivity contribution in [3.8, 4) is 0 Å². The van der Waals surface area contributed by atoms with Gasteiger partial charge in [0.05, 0.1) is 6.10 Å². The number of nitrogens with one attached hydrogen (secondary N) is 2. The SMILES string of the molecule is CNc1cc(NCC2CCCO2)nc(C(C)C)n1. The van der Waals surface area contributed by atoms with Crippen molar-refractivity contribution in [2.24, 2.45) is 0 Å². The summed E-state index contributed by atoms with van der Waals surface area (Å²) in [5.41, 5.74) is 0. The third-order valence-electron chi connectivity index (χ3n) is 3.05. The lowest BCUT2D eigenvalue weighted by Crippen LogP contribution is -2.19. The van der Waals surface area contributed by atoms with Crippen molar-refractivity contribution in [1.82, 2.24) is 9.97 Å². The summed E-state index contributed by atoms with van der Waals surface area (Å²) in [4.78, 5) is 8.96. The van der Waals surface area contributed by atoms with E-state index in [4.69, 9.17) is 4.74 Å². The van der Waals surface area contributed by atoms with Gasteiger partial charge in [0.2, 0.25) is 0 Å². The fraction of sp³-hybridized carbons (Fsp3) is 0.692. The summed E-state index contributed by atoms with van der Waals surface area (Å²) in [6.45, 7) is 5.89. The molecule has 0 spiro atoms. The number of hydrogen-bond acceptors (Lipinski definition) is 5. The summed E-state index contributed by atoms with van der Waals surface area (Å²) in [6, 6.07) is 1.93. The highest BCUT2D eigenvalue weighted by Crippen LogP contribution is 2.18. The molecule has 1 aliphatic heterocycles. The van der Waals surface area contributed by atoms with Crippen molar-refractivity contribution >= 4 is 11.6 Å². The van der Waals surface area contributed by atoms with Gasteiger partial charge in [0, 0.05) is 32.2 Å². The van der Waals surface area contributed by atoms with Crippen molar-refractivity contribution in [3.63, 3.8) is 0 Å². The second-order valence-corrected chi connectivity index (χ2v) is 4.92. The molecule has 1 atom stereocenters. The Hall–Kier alpha value is -1.36. The lowest BCUT2D eigenvalue weighted by molar-refractivity contribution is 0.120. The predicted molar refractivity (Wildman–Crippen MR) is 73.1 cm³/mol. The zero-order valence-electron chi connectivity index (χ0n) is 11.4. The number of rotatable bonds is 5. The number of ether oxygens (including phenoxy) is 1. The van der Waals surface area contributed by atoms with Crippen LogP contribution in [0.3, 0.4) is 0 Å². The molecule has 0 bridgehead atoms. The Morgan fingerprint density at radius 2 is 2.17 bits per heavy atom. The van der Waals surface area contributed by atoms with E-state index in [9.17, 15) is 0 Å². The minimum atomic E-state index is 0.320. The second kappa shape index (κ2) is 6.00. The van der Waals surface area contributed by atoms with Crippen LogP contribution in [0.1, 0.15) is 38.4 Å². The molecule has 18 heavy (non-hydrogen) atoms. The molecular formula is C13H22N4O. The van der Waals surface area contributed by atoms with Crippen molar-refractivity contribution in [3.05, 3.63) is 11.9 Å². The van der Waals surface area contributed by atoms with Gasteiger partial charge < -0.3 is 15.4 Å². The molecule has 100 valence electrons. The number of anilines is 2. The molecule has 2 N–H and O–H groups in total. The van der Waals surface area contributed by atoms with Gasteiger partial charge in [-0.25, -0.2) is 9.97 Å². The summed E-state index contributed by atoms with van der Waals surface area (Å²) in [5.74, 6) is 2.90. The molecule has 0 aromatic carbocycles. The van der Waals surface area contributed by atoms with Crippen LogP contribution in [0.4, 0.5) is 11.6 Å². The van der Waals surface area contributed by atoms with Crippen LogP contribution in [0.15, 0.2) is 6.07 Å². The van der Waals surface area contributed by atoms with E-state index in [2.05, 4.69) is 34.4 Å². The van der Waals surface area contributed by atoms with E-state index in [0.717, 1.165) is 43.5 Å². The number of hydrogen-bond donors (Lipinski definition) is 2. The summed E-state index contributed by atoms with van der Waals surface area (Å²) in [6.07, 6.45) is 2.61. The van der Waals surface area contributed by atoms with E-state index in [1.807, 2.05) is 13.1 Å². The van der Waals surface area contributed by atoms with Crippen LogP contribution in [-0.4, -0.2) is 36.3 Å². The van der Waals surface area contributed by atoms with Crippen LogP contribution in [0, 0.1) is 0 Å². The Morgan fingerprint density at radius 1 is 1.39 bits per heavy atom. The molecule has 1 fully saturated rings. The zero-order valence-corrected chi connectivity index (χ0v) is 11.4. The van der Waals surface area contributed by atoms with Crippen LogP contribution in [0.5, 0.6) is 0 Å². The first-order valence-corrected chi connectivity index (χ1v) is 6.61. The van der Waals surface area contributed by atoms with E-state index in [1.165, 1.54) is 0 Å². The van der Waals surface area contributed by atoms with Gasteiger partial charge in [0.25, 0.3) is 0 Å². The molecule has 1 aromatic heterocycles. The zero-order chi connectivity index (χ0) is 13.0. The molecule has 2 rings (SSSR count). The summed E-state index contributed by atoms with van der Waals surface area (Å²) in [7, 11) is 1.87. The average Bonchev–Trinajstić information content (AvgIpc) is 2.89. The van der Waals surface area contributed by atoms with E-state index in [0.29, 0.717) is 12.0 Å². The molecule has 5 nitrogen and oxygen atoms in total. The highest BCUT2D eigenvalue weighted by atomic mass is 16.5. The van der Waals surface area contributed by atoms with Gasteiger partial charge in [-0.3, -0.25) is 0 Å². The average molecular weight is 250 g/mol. The minimum Gasteiger partial charge on any atom is -0.376 e. The normalized spacial score (nSPS) is 19.2. The molecule has 0 amide bonds. The highest BCUT2D eigenvalue weighted by molar-refractivity contribution is 5.47. The van der Waals surface area contributed by atoms with E-state index >= 15 is 0 Å². The molecule has 1 saturated heterocycles. The maximum atomic E-state index is 5.59. The van der Waals surface area contributed by atoms with E-state index in [1.54, 1.807) is 0 Å². The molecule has 1 aliphatic rings. The maximum Gasteiger partial charge on any atom is 0.135 e. The summed E-state index contributed by atoms with van der Waals surface area (Å²) < 4.78 is 5.59. The van der Waals surface area contributed by atoms with Gasteiger partial charge in [-0.1, -0.05) is 13.8 Å². The smallest absolute Gasteiger partial charge is 0.135 e. The molecule has 5 heteroatoms. The van der Waals surface area contributed by atoms with Gasteiger partial charge in [-0.2, -0.15) is 0 Å². The summed E-state index contributed by atoms with van der Waals surface area (Å²) >= 11 is 0. The van der Waals surface area contributed by atoms with Gasteiger partial charge >= 0.3 is 0 Å². The van der Waals surface area contributed by atoms with E-state index in [-0.39, 0.29) is 0 Å². The Morgan fingerprint density at radius 3 is 2.78 bits per heavy atom. The third kappa shape index (κ3) is 3.32. The highest BCUT2D eigenvalue weighted by Gasteiger charge is 2.15. The fourth-order valence-corrected chi connectivity index (χ4v) is 1.97. The van der Waals surface area contributed by atoms with Crippen molar-refractivity contribution in [1.29, 1.82) is 0 Å². The van der Waals surface area contributed by atoms with Crippen LogP contribution >= 0.6 is 0 Å². The molecule has 1 aromatic rings. The Labute approximate surface area is 108 Å². The standard InChI is InChI=1S/C13H22N4O/c1-9(2)13-16-11(14-3)7-12(17-13)15-8-10-5-4-6-18-10/h7,9-10H,4-6,8H2,1-3H3,(H2,14,15,16,17). The van der Waals surface area contributed by atoms with E-state index < -0.39 is 0 Å². The first-order valence-electron chi connectivity index (χ1n) is 6.61. The first-order chi connectivity index (χ1) is 8.69. The van der Waals surface area contributed by atoms with Crippen molar-refractivity contribution in [2.75, 3.05) is 30.8 Å². The minimum absolute atomic E-state index is 0.320. The molecule has 0 aliphatic carbocycles. The first kappa shape index (κ1) is 13.1. The Bertz CT molecular complexity index is 389. The maximum absolute atomic E-state index is 5.59. The summed E-state index contributed by atoms with van der Waals surface area (Å²) in [5, 5.41) is 6.41. The van der Waals surface area contributed by atoms with Crippen molar-refractivity contribution in [2.45, 2.75) is 38.7 Å². The third-order valence-corrected chi connectivity index (χ3v) is 3.05. The number of aromatic nitrogens is 2. The largest absolute Gasteiger partial charge is 0.376 e. The molecular weight excluding hydrogens is 228 g/mol. The molecule has 0 saturated carbocycles.